The van der Waals surface area contributed by atoms with Crippen molar-refractivity contribution in [2.24, 2.45) is 0 Å². The highest BCUT2D eigenvalue weighted by molar-refractivity contribution is 5.87. The number of hydrogen-bond donors (Lipinski definition) is 4. The minimum absolute atomic E-state index is 0.0335. The van der Waals surface area contributed by atoms with Gasteiger partial charge in [-0.05, 0) is 117 Å². The molecule has 4 aromatic rings. The minimum atomic E-state index is -0.949. The molecule has 1 aliphatic carbocycles. The highest BCUT2D eigenvalue weighted by atomic mass is 16.5. The maximum atomic E-state index is 11.3. The van der Waals surface area contributed by atoms with Crippen molar-refractivity contribution >= 4 is 23.0 Å². The van der Waals surface area contributed by atoms with Gasteiger partial charge in [0.05, 0.1) is 11.6 Å². The van der Waals surface area contributed by atoms with E-state index < -0.39 is 5.97 Å². The average molecular weight is 659 g/mol. The first-order valence-corrected chi connectivity index (χ1v) is 17.5. The summed E-state index contributed by atoms with van der Waals surface area (Å²) < 4.78 is 6.21. The fraction of sp³-hybridized carbons (Fsp3) is 0.310. The number of carboxylic acids is 1. The van der Waals surface area contributed by atoms with E-state index >= 15 is 0 Å². The Morgan fingerprint density at radius 3 is 2.33 bits per heavy atom. The second kappa shape index (κ2) is 17.3. The monoisotopic (exact) mass is 658 g/mol. The van der Waals surface area contributed by atoms with E-state index in [1.54, 1.807) is 24.3 Å². The summed E-state index contributed by atoms with van der Waals surface area (Å²) in [5, 5.41) is 16.5. The van der Waals surface area contributed by atoms with Crippen LogP contribution < -0.4 is 21.1 Å². The van der Waals surface area contributed by atoms with Crippen molar-refractivity contribution in [1.29, 1.82) is 0 Å². The second-order valence-electron chi connectivity index (χ2n) is 12.9. The number of nitrogen functional groups attached to an aromatic ring is 1. The highest BCUT2D eigenvalue weighted by Crippen LogP contribution is 2.35. The van der Waals surface area contributed by atoms with Crippen LogP contribution >= 0.6 is 0 Å². The quantitative estimate of drug-likeness (QED) is 0.0662. The SMILES string of the molecule is CCCC/C=C(\Nc1ccc(CC(=C2CCC2)N(Cc2ccccc2N)[C@@H](C)COc2ccc(C(=O)O)cc2)cc1)Nc1ccccc1C. The standard InChI is InChI=1S/C42H50N4O3/c1-4-5-6-18-41(45-39-17-10-7-12-30(39)2)44-36-23-19-32(20-24-36)27-40(33-14-11-15-33)46(28-35-13-8-9-16-38(35)43)31(3)29-49-37-25-21-34(22-26-37)42(47)48/h7-10,12-13,16-26,31,44-45H,4-6,11,14-15,27-29,43H2,1-3H3,(H,47,48)/b41-18+/t31-/m0/s1. The lowest BCUT2D eigenvalue weighted by Crippen LogP contribution is -2.38. The molecule has 0 heterocycles. The van der Waals surface area contributed by atoms with Crippen LogP contribution in [0, 0.1) is 6.92 Å². The zero-order chi connectivity index (χ0) is 34.6. The molecule has 7 nitrogen and oxygen atoms in total. The number of carboxylic acid groups (broad SMARTS) is 1. The summed E-state index contributed by atoms with van der Waals surface area (Å²) in [7, 11) is 0. The molecule has 1 aliphatic rings. The van der Waals surface area contributed by atoms with E-state index in [1.807, 2.05) is 18.2 Å². The van der Waals surface area contributed by atoms with E-state index in [9.17, 15) is 9.90 Å². The first kappa shape index (κ1) is 35.1. The Morgan fingerprint density at radius 1 is 0.959 bits per heavy atom. The number of nitrogens with zero attached hydrogens (tertiary/aromatic N) is 1. The number of carbonyl (C=O) groups is 1. The number of aromatic carboxylic acids is 1. The van der Waals surface area contributed by atoms with Crippen LogP contribution in [-0.2, 0) is 13.0 Å². The number of aryl methyl sites for hydroxylation is 1. The third-order valence-electron chi connectivity index (χ3n) is 9.16. The molecule has 4 aromatic carbocycles. The van der Waals surface area contributed by atoms with Crippen molar-refractivity contribution in [3.63, 3.8) is 0 Å². The van der Waals surface area contributed by atoms with Crippen molar-refractivity contribution in [3.05, 3.63) is 142 Å². The van der Waals surface area contributed by atoms with Gasteiger partial charge in [0.1, 0.15) is 18.2 Å². The molecule has 5 N–H and O–H groups in total. The maximum Gasteiger partial charge on any atom is 0.335 e. The topological polar surface area (TPSA) is 99.9 Å². The minimum Gasteiger partial charge on any atom is -0.491 e. The number of rotatable bonds is 17. The predicted molar refractivity (Wildman–Crippen MR) is 202 cm³/mol. The van der Waals surface area contributed by atoms with Gasteiger partial charge in [-0.15, -0.1) is 0 Å². The number of benzene rings is 4. The van der Waals surface area contributed by atoms with Crippen LogP contribution in [0.25, 0.3) is 0 Å². The number of hydrogen-bond acceptors (Lipinski definition) is 6. The molecular weight excluding hydrogens is 608 g/mol. The fourth-order valence-corrected chi connectivity index (χ4v) is 5.95. The Morgan fingerprint density at radius 2 is 1.67 bits per heavy atom. The Hall–Kier alpha value is -5.17. The third kappa shape index (κ3) is 9.92. The van der Waals surface area contributed by atoms with Gasteiger partial charge in [0, 0.05) is 35.7 Å². The van der Waals surface area contributed by atoms with Gasteiger partial charge in [0.25, 0.3) is 0 Å². The third-order valence-corrected chi connectivity index (χ3v) is 9.16. The average Bonchev–Trinajstić information content (AvgIpc) is 3.08. The smallest absolute Gasteiger partial charge is 0.335 e. The molecular formula is C42H50N4O3. The summed E-state index contributed by atoms with van der Waals surface area (Å²) in [6, 6.07) is 31.8. The van der Waals surface area contributed by atoms with E-state index in [4.69, 9.17) is 10.5 Å². The van der Waals surface area contributed by atoms with Crippen LogP contribution in [0.3, 0.4) is 0 Å². The second-order valence-corrected chi connectivity index (χ2v) is 12.9. The Labute approximate surface area is 291 Å². The van der Waals surface area contributed by atoms with Gasteiger partial charge in [-0.3, -0.25) is 0 Å². The normalized spacial score (nSPS) is 13.3. The van der Waals surface area contributed by atoms with Gasteiger partial charge < -0.3 is 31.1 Å². The summed E-state index contributed by atoms with van der Waals surface area (Å²) >= 11 is 0. The van der Waals surface area contributed by atoms with Crippen LogP contribution in [0.2, 0.25) is 0 Å². The molecule has 1 fully saturated rings. The number of nitrogens with one attached hydrogen (secondary N) is 2. The largest absolute Gasteiger partial charge is 0.491 e. The molecule has 49 heavy (non-hydrogen) atoms. The summed E-state index contributed by atoms with van der Waals surface area (Å²) in [5.41, 5.74) is 16.0. The lowest BCUT2D eigenvalue weighted by Gasteiger charge is -2.38. The van der Waals surface area contributed by atoms with E-state index in [0.717, 1.165) is 67.0 Å². The van der Waals surface area contributed by atoms with Crippen molar-refractivity contribution in [1.82, 2.24) is 4.90 Å². The van der Waals surface area contributed by atoms with Crippen LogP contribution in [0.1, 0.15) is 79.4 Å². The lowest BCUT2D eigenvalue weighted by molar-refractivity contribution is 0.0696. The highest BCUT2D eigenvalue weighted by Gasteiger charge is 2.25. The zero-order valence-corrected chi connectivity index (χ0v) is 29.0. The summed E-state index contributed by atoms with van der Waals surface area (Å²) in [5.74, 6) is 0.692. The molecule has 0 radical (unpaired) electrons. The molecule has 0 bridgehead atoms. The molecule has 1 saturated carbocycles. The Bertz CT molecular complexity index is 1740. The van der Waals surface area contributed by atoms with E-state index in [0.29, 0.717) is 18.9 Å². The van der Waals surface area contributed by atoms with Crippen LogP contribution in [0.4, 0.5) is 17.1 Å². The number of para-hydroxylation sites is 2. The first-order valence-electron chi connectivity index (χ1n) is 17.5. The van der Waals surface area contributed by atoms with Crippen molar-refractivity contribution in [2.75, 3.05) is 23.0 Å². The number of ether oxygens (including phenoxy) is 1. The number of allylic oxidation sites excluding steroid dienone is 3. The van der Waals surface area contributed by atoms with Gasteiger partial charge in [-0.1, -0.05) is 67.4 Å². The summed E-state index contributed by atoms with van der Waals surface area (Å²) in [6.45, 7) is 7.64. The first-order chi connectivity index (χ1) is 23.8. The van der Waals surface area contributed by atoms with Crippen molar-refractivity contribution in [3.8, 4) is 5.75 Å². The van der Waals surface area contributed by atoms with E-state index in [-0.39, 0.29) is 11.6 Å². The van der Waals surface area contributed by atoms with Gasteiger partial charge in [0.15, 0.2) is 0 Å². The van der Waals surface area contributed by atoms with E-state index in [2.05, 4.69) is 97.0 Å². The summed E-state index contributed by atoms with van der Waals surface area (Å²) in [6.07, 6.45) is 9.74. The Balaban J connectivity index is 1.35. The number of unbranched alkanes of at least 4 members (excludes halogenated alkanes) is 2. The molecule has 0 unspecified atom stereocenters. The van der Waals surface area contributed by atoms with E-state index in [1.165, 1.54) is 28.8 Å². The molecule has 0 saturated heterocycles. The van der Waals surface area contributed by atoms with Gasteiger partial charge >= 0.3 is 5.97 Å². The number of anilines is 3. The van der Waals surface area contributed by atoms with Crippen LogP contribution in [0.15, 0.2) is 120 Å². The molecule has 0 amide bonds. The maximum absolute atomic E-state index is 11.3. The number of nitrogens with two attached hydrogens (primary N) is 1. The summed E-state index contributed by atoms with van der Waals surface area (Å²) in [4.78, 5) is 13.8. The molecule has 7 heteroatoms. The molecule has 0 spiro atoms. The van der Waals surface area contributed by atoms with Crippen molar-refractivity contribution < 1.29 is 14.6 Å². The molecule has 5 rings (SSSR count). The van der Waals surface area contributed by atoms with Crippen molar-refractivity contribution in [2.45, 2.75) is 78.3 Å². The van der Waals surface area contributed by atoms with Gasteiger partial charge in [-0.2, -0.15) is 0 Å². The van der Waals surface area contributed by atoms with Crippen LogP contribution in [-0.4, -0.2) is 28.6 Å². The molecule has 256 valence electrons. The zero-order valence-electron chi connectivity index (χ0n) is 29.0. The molecule has 1 atom stereocenters. The van der Waals surface area contributed by atoms with Crippen LogP contribution in [0.5, 0.6) is 5.75 Å². The Kier molecular flexibility index (Phi) is 12.4. The molecule has 0 aliphatic heterocycles. The fourth-order valence-electron chi connectivity index (χ4n) is 5.95. The van der Waals surface area contributed by atoms with Gasteiger partial charge in [0.2, 0.25) is 0 Å². The predicted octanol–water partition coefficient (Wildman–Crippen LogP) is 9.78. The lowest BCUT2D eigenvalue weighted by atomic mass is 9.87. The van der Waals surface area contributed by atoms with Gasteiger partial charge in [-0.25, -0.2) is 4.79 Å². The molecule has 0 aromatic heterocycles.